The zero-order valence-electron chi connectivity index (χ0n) is 26.0. The molecular weight excluding hydrogens is 519 g/mol. The molecule has 0 aromatic carbocycles. The van der Waals surface area contributed by atoms with E-state index in [0.717, 1.165) is 29.8 Å². The fraction of sp³-hybridized carbons (Fsp3) is 0.960. The molecule has 1 fully saturated rings. The van der Waals surface area contributed by atoms with Crippen LogP contribution in [0.1, 0.15) is 32.1 Å². The largest absolute Gasteiger partial charge is 0.469 e. The first-order chi connectivity index (χ1) is 16.1. The number of carbonyl (C=O) groups excluding carboxylic acids is 1. The topological polar surface area (TPSA) is 56.8 Å². The minimum absolute atomic E-state index is 0.169. The van der Waals surface area contributed by atoms with Gasteiger partial charge >= 0.3 is 8.80 Å². The van der Waals surface area contributed by atoms with E-state index in [0.29, 0.717) is 13.0 Å². The van der Waals surface area contributed by atoms with Gasteiger partial charge in [-0.05, 0) is 84.6 Å². The zero-order valence-corrected chi connectivity index (χ0v) is 30.0. The minimum Gasteiger partial charge on any atom is -0.417 e. The van der Waals surface area contributed by atoms with E-state index in [9.17, 15) is 4.79 Å². The molecule has 0 aliphatic carbocycles. The molecule has 1 N–H and O–H groups in total. The van der Waals surface area contributed by atoms with Crippen molar-refractivity contribution in [3.8, 4) is 0 Å². The van der Waals surface area contributed by atoms with Gasteiger partial charge in [-0.25, -0.2) is 0 Å². The van der Waals surface area contributed by atoms with Crippen molar-refractivity contribution >= 4 is 39.7 Å². The molecule has 11 heteroatoms. The summed E-state index contributed by atoms with van der Waals surface area (Å²) in [5.74, 6) is 0.169. The van der Waals surface area contributed by atoms with Gasteiger partial charge in [-0.3, -0.25) is 4.79 Å². The molecule has 0 spiro atoms. The third-order valence-electron chi connectivity index (χ3n) is 6.46. The number of nitrogens with zero attached hydrogens (tertiary/aromatic N) is 2. The van der Waals surface area contributed by atoms with Crippen molar-refractivity contribution < 1.29 is 26.1 Å². The molecule has 1 rings (SSSR count). The predicted molar refractivity (Wildman–Crippen MR) is 163 cm³/mol. The Bertz CT molecular complexity index is 637. The van der Waals surface area contributed by atoms with Crippen LogP contribution in [0.5, 0.6) is 0 Å². The van der Waals surface area contributed by atoms with Crippen LogP contribution in [0.2, 0.25) is 65.0 Å². The number of hydrogen-bond acceptors (Lipinski definition) is 4. The summed E-state index contributed by atoms with van der Waals surface area (Å²) < 4.78 is 22.5. The third-order valence-corrected chi connectivity index (χ3v) is 18.5. The Hall–Kier alpha value is 0.138. The van der Waals surface area contributed by atoms with E-state index < -0.39 is 33.8 Å². The van der Waals surface area contributed by atoms with Crippen molar-refractivity contribution in [2.75, 3.05) is 60.4 Å². The highest BCUT2D eigenvalue weighted by Gasteiger charge is 2.49. The fourth-order valence-electron chi connectivity index (χ4n) is 4.66. The molecule has 1 aliphatic rings. The summed E-state index contributed by atoms with van der Waals surface area (Å²) in [6.07, 6.45) is 4.78. The Balaban J connectivity index is 2.45. The monoisotopic (exact) mass is 579 g/mol. The van der Waals surface area contributed by atoms with E-state index in [-0.39, 0.29) is 5.91 Å². The maximum absolute atomic E-state index is 12.5. The third kappa shape index (κ3) is 15.5. The lowest BCUT2D eigenvalue weighted by atomic mass is 10.1. The van der Waals surface area contributed by atoms with Gasteiger partial charge in [0.15, 0.2) is 25.0 Å². The standard InChI is InChI=1S/C25H60N3O4Si4/c1-27(2)20-22-28(3,23-21-27)19-15-13-14-17-25(29)26-18-16-24-36(30-33(4,5)6,31-34(7,8)9)32-35(10,11)12/h13-24H2,1-12H3/q+1/p+1. The minimum atomic E-state index is -2.81. The second kappa shape index (κ2) is 13.5. The lowest BCUT2D eigenvalue weighted by Crippen LogP contribution is -2.62. The van der Waals surface area contributed by atoms with Gasteiger partial charge in [-0.2, -0.15) is 0 Å². The Morgan fingerprint density at radius 3 is 1.61 bits per heavy atom. The van der Waals surface area contributed by atoms with Crippen molar-refractivity contribution in [3.63, 3.8) is 0 Å². The van der Waals surface area contributed by atoms with Crippen LogP contribution in [0.15, 0.2) is 0 Å². The average molecular weight is 580 g/mol. The van der Waals surface area contributed by atoms with Gasteiger partial charge < -0.3 is 26.6 Å². The highest BCUT2D eigenvalue weighted by atomic mass is 28.5. The molecule has 0 bridgehead atoms. The van der Waals surface area contributed by atoms with Gasteiger partial charge in [0.2, 0.25) is 5.91 Å². The Labute approximate surface area is 228 Å². The van der Waals surface area contributed by atoms with Gasteiger partial charge in [-0.15, -0.1) is 0 Å². The molecule has 1 heterocycles. The summed E-state index contributed by atoms with van der Waals surface area (Å²) in [4.78, 5) is 12.5. The SMILES string of the molecule is C[N+]1(C)CC[N+](C)(CCCCCC(=O)NCCC[Si](O[Si](C)(C)C)(O[Si](C)(C)C)O[Si](C)(C)C)CC1. The van der Waals surface area contributed by atoms with Gasteiger partial charge in [0, 0.05) is 19.0 Å². The summed E-state index contributed by atoms with van der Waals surface area (Å²) in [5, 5.41) is 3.15. The first-order valence-corrected chi connectivity index (χ1v) is 26.3. The Morgan fingerprint density at radius 2 is 1.17 bits per heavy atom. The van der Waals surface area contributed by atoms with E-state index in [2.05, 4.69) is 85.4 Å². The number of quaternary nitrogens is 2. The molecule has 214 valence electrons. The van der Waals surface area contributed by atoms with E-state index in [1.165, 1.54) is 43.6 Å². The van der Waals surface area contributed by atoms with E-state index >= 15 is 0 Å². The summed E-state index contributed by atoms with van der Waals surface area (Å²) in [6, 6.07) is 0.776. The summed E-state index contributed by atoms with van der Waals surface area (Å²) >= 11 is 0. The second-order valence-electron chi connectivity index (χ2n) is 14.8. The normalized spacial score (nSPS) is 18.8. The van der Waals surface area contributed by atoms with Gasteiger partial charge in [-0.1, -0.05) is 0 Å². The Kier molecular flexibility index (Phi) is 12.8. The number of rotatable bonds is 16. The molecule has 0 unspecified atom stereocenters. The predicted octanol–water partition coefficient (Wildman–Crippen LogP) is 5.08. The molecule has 0 atom stereocenters. The van der Waals surface area contributed by atoms with Crippen molar-refractivity contribution in [1.29, 1.82) is 0 Å². The van der Waals surface area contributed by atoms with Crippen LogP contribution in [0, 0.1) is 0 Å². The van der Waals surface area contributed by atoms with Gasteiger partial charge in [0.05, 0.1) is 27.7 Å². The maximum Gasteiger partial charge on any atom is 0.469 e. The number of amides is 1. The fourth-order valence-corrected chi connectivity index (χ4v) is 19.3. The second-order valence-corrected chi connectivity index (χ2v) is 31.8. The van der Waals surface area contributed by atoms with Crippen LogP contribution in [0.3, 0.4) is 0 Å². The molecule has 7 nitrogen and oxygen atoms in total. The molecule has 0 aromatic rings. The summed E-state index contributed by atoms with van der Waals surface area (Å²) in [5.41, 5.74) is 0. The van der Waals surface area contributed by atoms with Gasteiger partial charge in [0.25, 0.3) is 0 Å². The van der Waals surface area contributed by atoms with Crippen molar-refractivity contribution in [1.82, 2.24) is 5.32 Å². The number of hydrogen-bond donors (Lipinski definition) is 1. The molecule has 1 saturated heterocycles. The molecule has 36 heavy (non-hydrogen) atoms. The molecule has 1 aliphatic heterocycles. The summed E-state index contributed by atoms with van der Waals surface area (Å²) in [6.45, 7) is 26.9. The smallest absolute Gasteiger partial charge is 0.417 e. The van der Waals surface area contributed by atoms with Crippen LogP contribution in [-0.4, -0.2) is 109 Å². The van der Waals surface area contributed by atoms with Crippen LogP contribution >= 0.6 is 0 Å². The summed E-state index contributed by atoms with van der Waals surface area (Å²) in [7, 11) is -1.31. The van der Waals surface area contributed by atoms with E-state index in [4.69, 9.17) is 12.3 Å². The average Bonchev–Trinajstić information content (AvgIpc) is 2.64. The van der Waals surface area contributed by atoms with Crippen molar-refractivity contribution in [2.45, 2.75) is 97.1 Å². The number of piperazine rings is 1. The number of unbranched alkanes of at least 4 members (excludes halogenated alkanes) is 2. The van der Waals surface area contributed by atoms with Crippen molar-refractivity contribution in [3.05, 3.63) is 0 Å². The first kappa shape index (κ1) is 34.2. The highest BCUT2D eigenvalue weighted by molar-refractivity contribution is 6.90. The van der Waals surface area contributed by atoms with E-state index in [1.807, 2.05) is 0 Å². The molecule has 0 aromatic heterocycles. The number of nitrogens with one attached hydrogen (secondary N) is 1. The Morgan fingerprint density at radius 1 is 0.694 bits per heavy atom. The van der Waals surface area contributed by atoms with Crippen LogP contribution in [0.4, 0.5) is 0 Å². The van der Waals surface area contributed by atoms with Gasteiger partial charge in [0.1, 0.15) is 26.2 Å². The van der Waals surface area contributed by atoms with Crippen LogP contribution in [0.25, 0.3) is 0 Å². The highest BCUT2D eigenvalue weighted by Crippen LogP contribution is 2.29. The number of likely N-dealkylation sites (N-methyl/N-ethyl adjacent to an activating group) is 2. The molecule has 0 radical (unpaired) electrons. The molecule has 0 saturated carbocycles. The number of carbonyl (C=O) groups is 1. The van der Waals surface area contributed by atoms with E-state index in [1.54, 1.807) is 0 Å². The first-order valence-electron chi connectivity index (χ1n) is 14.2. The molecule has 1 amide bonds. The quantitative estimate of drug-likeness (QED) is 0.157. The lowest BCUT2D eigenvalue weighted by Gasteiger charge is -2.44. The molecular formula is C25H61N3O4Si4+2. The lowest BCUT2D eigenvalue weighted by molar-refractivity contribution is -1.01. The zero-order chi connectivity index (χ0) is 27.9. The maximum atomic E-state index is 12.5. The van der Waals surface area contributed by atoms with Crippen LogP contribution < -0.4 is 5.32 Å². The van der Waals surface area contributed by atoms with Crippen LogP contribution in [-0.2, 0) is 17.1 Å². The van der Waals surface area contributed by atoms with Crippen molar-refractivity contribution in [2.24, 2.45) is 0 Å².